The number of hydrogen-bond acceptors (Lipinski definition) is 4. The molecule has 0 bridgehead atoms. The molecule has 194 valence electrons. The van der Waals surface area contributed by atoms with Gasteiger partial charge >= 0.3 is 0 Å². The largest absolute Gasteiger partial charge is 0.342 e. The molecule has 37 heavy (non-hydrogen) atoms. The number of halogens is 3. The normalized spacial score (nSPS) is 18.9. The number of alkyl halides is 2. The van der Waals surface area contributed by atoms with Crippen LogP contribution < -0.4 is 10.9 Å². The minimum atomic E-state index is -2.78. The third kappa shape index (κ3) is 5.77. The van der Waals surface area contributed by atoms with Gasteiger partial charge in [0, 0.05) is 56.1 Å². The summed E-state index contributed by atoms with van der Waals surface area (Å²) in [5.41, 5.74) is 1.72. The van der Waals surface area contributed by atoms with Crippen molar-refractivity contribution in [1.82, 2.24) is 9.47 Å². The van der Waals surface area contributed by atoms with Gasteiger partial charge in [0.2, 0.25) is 11.8 Å². The molecule has 7 nitrogen and oxygen atoms in total. The molecule has 0 spiro atoms. The van der Waals surface area contributed by atoms with Gasteiger partial charge in [0.1, 0.15) is 17.6 Å². The quantitative estimate of drug-likeness (QED) is 0.657. The first-order chi connectivity index (χ1) is 17.5. The van der Waals surface area contributed by atoms with Crippen LogP contribution in [0.1, 0.15) is 59.3 Å². The van der Waals surface area contributed by atoms with Gasteiger partial charge in [-0.15, -0.1) is 0 Å². The zero-order valence-electron chi connectivity index (χ0n) is 20.6. The number of benzene rings is 1. The third-order valence-electron chi connectivity index (χ3n) is 7.04. The molecule has 1 atom stereocenters. The Kier molecular flexibility index (Phi) is 7.25. The van der Waals surface area contributed by atoms with Crippen LogP contribution in [-0.2, 0) is 11.8 Å². The molecule has 2 heterocycles. The fourth-order valence-corrected chi connectivity index (χ4v) is 4.91. The smallest absolute Gasteiger partial charge is 0.255 e. The number of amides is 2. The molecule has 2 aromatic rings. The first-order valence-electron chi connectivity index (χ1n) is 12.1. The molecule has 2 fully saturated rings. The lowest BCUT2D eigenvalue weighted by Crippen LogP contribution is -2.39. The number of likely N-dealkylation sites (tertiary alicyclic amines) is 1. The molecule has 0 radical (unpaired) electrons. The first kappa shape index (κ1) is 26.2. The van der Waals surface area contributed by atoms with Gasteiger partial charge in [0.05, 0.1) is 5.69 Å². The molecule has 1 saturated heterocycles. The van der Waals surface area contributed by atoms with E-state index in [2.05, 4.69) is 5.32 Å². The van der Waals surface area contributed by atoms with Crippen molar-refractivity contribution in [3.05, 3.63) is 68.4 Å². The molecule has 1 aromatic carbocycles. The number of nitrogens with zero attached hydrogens (tertiary/aromatic N) is 3. The fourth-order valence-electron chi connectivity index (χ4n) is 4.91. The highest BCUT2D eigenvalue weighted by Gasteiger charge is 2.43. The van der Waals surface area contributed by atoms with E-state index in [0.717, 1.165) is 16.2 Å². The molecule has 0 unspecified atom stereocenters. The Morgan fingerprint density at radius 2 is 1.89 bits per heavy atom. The van der Waals surface area contributed by atoms with E-state index in [-0.39, 0.29) is 30.0 Å². The zero-order chi connectivity index (χ0) is 26.9. The minimum absolute atomic E-state index is 0.00582. The van der Waals surface area contributed by atoms with Crippen molar-refractivity contribution >= 4 is 23.6 Å². The first-order valence-corrected chi connectivity index (χ1v) is 12.1. The van der Waals surface area contributed by atoms with E-state index in [4.69, 9.17) is 0 Å². The average Bonchev–Trinajstić information content (AvgIpc) is 3.22. The van der Waals surface area contributed by atoms with Crippen LogP contribution in [-0.4, -0.2) is 40.3 Å². The predicted molar refractivity (Wildman–Crippen MR) is 132 cm³/mol. The maximum Gasteiger partial charge on any atom is 0.255 e. The van der Waals surface area contributed by atoms with E-state index in [0.29, 0.717) is 42.7 Å². The fraction of sp³-hybridized carbons (Fsp3) is 0.407. The molecule has 2 aliphatic rings. The number of piperidine rings is 1. The zero-order valence-corrected chi connectivity index (χ0v) is 20.6. The molecular formula is C27H27F3N4O3. The Labute approximate surface area is 212 Å². The van der Waals surface area contributed by atoms with Crippen molar-refractivity contribution in [3.63, 3.8) is 0 Å². The van der Waals surface area contributed by atoms with E-state index in [1.807, 2.05) is 6.07 Å². The van der Waals surface area contributed by atoms with Crippen LogP contribution in [0.2, 0.25) is 0 Å². The second kappa shape index (κ2) is 10.2. The van der Waals surface area contributed by atoms with Gasteiger partial charge in [-0.1, -0.05) is 11.6 Å². The molecule has 10 heteroatoms. The van der Waals surface area contributed by atoms with E-state index >= 15 is 0 Å². The standard InChI is InChI=1S/C27H27F3N4O3/c1-16-9-21(28)11-19(24(16)32-25(36)20-12-22(15-31)33(2)23(35)13-20)10-17-4-7-34(8-5-17)26(37)18-3-6-27(29,30)14-18/h9-13,18H,3-8,14H2,1-2H3,(H,32,36)/t18-/m1/s1. The maximum absolute atomic E-state index is 14.3. The van der Waals surface area contributed by atoms with Crippen molar-refractivity contribution in [3.8, 4) is 6.07 Å². The molecule has 1 aliphatic carbocycles. The summed E-state index contributed by atoms with van der Waals surface area (Å²) >= 11 is 0. The van der Waals surface area contributed by atoms with Gasteiger partial charge in [-0.25, -0.2) is 13.2 Å². The van der Waals surface area contributed by atoms with Gasteiger partial charge < -0.3 is 14.8 Å². The van der Waals surface area contributed by atoms with Gasteiger partial charge in [-0.05, 0) is 49.9 Å². The molecule has 2 amide bonds. The lowest BCUT2D eigenvalue weighted by molar-refractivity contribution is -0.136. The van der Waals surface area contributed by atoms with Crippen molar-refractivity contribution in [2.24, 2.45) is 13.0 Å². The Bertz CT molecular complexity index is 1380. The minimum Gasteiger partial charge on any atom is -0.342 e. The number of aryl methyl sites for hydroxylation is 1. The second-order valence-corrected chi connectivity index (χ2v) is 9.70. The van der Waals surface area contributed by atoms with E-state index in [9.17, 15) is 32.8 Å². The van der Waals surface area contributed by atoms with Crippen LogP contribution in [0.4, 0.5) is 18.9 Å². The highest BCUT2D eigenvalue weighted by Crippen LogP contribution is 2.40. The van der Waals surface area contributed by atoms with Crippen LogP contribution in [0.25, 0.3) is 6.08 Å². The van der Waals surface area contributed by atoms with Crippen LogP contribution >= 0.6 is 0 Å². The molecule has 4 rings (SSSR count). The van der Waals surface area contributed by atoms with Crippen molar-refractivity contribution in [2.45, 2.75) is 45.0 Å². The number of nitrogens with one attached hydrogen (secondary N) is 1. The highest BCUT2D eigenvalue weighted by molar-refractivity contribution is 6.05. The molecule has 1 aliphatic heterocycles. The Balaban J connectivity index is 1.52. The molecule has 1 N–H and O–H groups in total. The maximum atomic E-state index is 14.3. The topological polar surface area (TPSA) is 95.2 Å². The van der Waals surface area contributed by atoms with Crippen LogP contribution in [0.5, 0.6) is 0 Å². The van der Waals surface area contributed by atoms with Gasteiger partial charge in [0.15, 0.2) is 0 Å². The van der Waals surface area contributed by atoms with Crippen molar-refractivity contribution in [1.29, 1.82) is 5.26 Å². The van der Waals surface area contributed by atoms with E-state index in [1.165, 1.54) is 25.2 Å². The Morgan fingerprint density at radius 1 is 1.19 bits per heavy atom. The Hall–Kier alpha value is -3.87. The highest BCUT2D eigenvalue weighted by atomic mass is 19.3. The number of carbonyl (C=O) groups is 2. The van der Waals surface area contributed by atoms with Crippen LogP contribution in [0.3, 0.4) is 0 Å². The summed E-state index contributed by atoms with van der Waals surface area (Å²) in [5.74, 6) is -4.77. The summed E-state index contributed by atoms with van der Waals surface area (Å²) in [6.45, 7) is 2.41. The summed E-state index contributed by atoms with van der Waals surface area (Å²) in [6, 6.07) is 6.87. The van der Waals surface area contributed by atoms with E-state index in [1.54, 1.807) is 17.9 Å². The summed E-state index contributed by atoms with van der Waals surface area (Å²) in [6.07, 6.45) is 2.29. The Morgan fingerprint density at radius 3 is 2.51 bits per heavy atom. The summed E-state index contributed by atoms with van der Waals surface area (Å²) in [4.78, 5) is 39.3. The summed E-state index contributed by atoms with van der Waals surface area (Å²) < 4.78 is 42.5. The molecule has 1 aromatic heterocycles. The predicted octanol–water partition coefficient (Wildman–Crippen LogP) is 4.40. The van der Waals surface area contributed by atoms with Crippen molar-refractivity contribution < 1.29 is 22.8 Å². The van der Waals surface area contributed by atoms with Gasteiger partial charge in [0.25, 0.3) is 11.5 Å². The number of nitriles is 1. The SMILES string of the molecule is Cc1cc(F)cc(C=C2CCN(C(=O)[C@@H]3CCC(F)(F)C3)CC2)c1NC(=O)c1cc(C#N)n(C)c(=O)c1. The van der Waals surface area contributed by atoms with Crippen LogP contribution in [0.15, 0.2) is 34.6 Å². The average molecular weight is 513 g/mol. The lowest BCUT2D eigenvalue weighted by Gasteiger charge is -2.31. The number of rotatable bonds is 4. The third-order valence-corrected chi connectivity index (χ3v) is 7.04. The monoisotopic (exact) mass is 512 g/mol. The van der Waals surface area contributed by atoms with Gasteiger partial charge in [-0.3, -0.25) is 14.4 Å². The number of aromatic nitrogens is 1. The molecular weight excluding hydrogens is 485 g/mol. The number of anilines is 1. The summed E-state index contributed by atoms with van der Waals surface area (Å²) in [7, 11) is 1.43. The molecule has 1 saturated carbocycles. The summed E-state index contributed by atoms with van der Waals surface area (Å²) in [5, 5.41) is 12.0. The van der Waals surface area contributed by atoms with Crippen molar-refractivity contribution in [2.75, 3.05) is 18.4 Å². The number of hydrogen-bond donors (Lipinski definition) is 1. The van der Waals surface area contributed by atoms with E-state index < -0.39 is 35.5 Å². The number of pyridine rings is 1. The van der Waals surface area contributed by atoms with Gasteiger partial charge in [-0.2, -0.15) is 5.26 Å². The van der Waals surface area contributed by atoms with Crippen LogP contribution in [0, 0.1) is 30.0 Å². The number of carbonyl (C=O) groups excluding carboxylic acids is 2. The lowest BCUT2D eigenvalue weighted by atomic mass is 9.97. The second-order valence-electron chi connectivity index (χ2n) is 9.70.